The zero-order chi connectivity index (χ0) is 12.1. The first-order chi connectivity index (χ1) is 7.54. The molecular weight excluding hydrogens is 247 g/mol. The van der Waals surface area contributed by atoms with Gasteiger partial charge in [0.1, 0.15) is 0 Å². The Kier molecular flexibility index (Phi) is 5.06. The second-order valence-corrected chi connectivity index (χ2v) is 4.26. The summed E-state index contributed by atoms with van der Waals surface area (Å²) in [4.78, 5) is 11.0. The van der Waals surface area contributed by atoms with Crippen molar-refractivity contribution in [2.45, 2.75) is 13.0 Å². The fraction of sp³-hybridized carbons (Fsp3) is 0.364. The monoisotopic (exact) mass is 260 g/mol. The van der Waals surface area contributed by atoms with Gasteiger partial charge >= 0.3 is 0 Å². The molecule has 1 amide bonds. The van der Waals surface area contributed by atoms with Crippen LogP contribution in [0.2, 0.25) is 10.0 Å². The Bertz CT molecular complexity index is 382. The van der Waals surface area contributed by atoms with E-state index < -0.39 is 0 Å². The van der Waals surface area contributed by atoms with E-state index in [1.807, 2.05) is 13.0 Å². The number of benzene rings is 1. The largest absolute Gasteiger partial charge is 0.358 e. The van der Waals surface area contributed by atoms with Gasteiger partial charge in [0.2, 0.25) is 5.91 Å². The number of likely N-dealkylation sites (N-methyl/N-ethyl adjacent to an activating group) is 1. The molecule has 0 fully saturated rings. The van der Waals surface area contributed by atoms with Gasteiger partial charge in [0, 0.05) is 13.1 Å². The smallest absolute Gasteiger partial charge is 0.233 e. The molecule has 0 aliphatic carbocycles. The molecule has 0 bridgehead atoms. The van der Waals surface area contributed by atoms with Gasteiger partial charge in [-0.05, 0) is 24.6 Å². The summed E-state index contributed by atoms with van der Waals surface area (Å²) >= 11 is 11.7. The van der Waals surface area contributed by atoms with Crippen molar-refractivity contribution in [1.82, 2.24) is 10.6 Å². The topological polar surface area (TPSA) is 41.1 Å². The molecule has 2 N–H and O–H groups in total. The Morgan fingerprint density at radius 3 is 2.62 bits per heavy atom. The summed E-state index contributed by atoms with van der Waals surface area (Å²) in [6, 6.07) is 5.48. The first kappa shape index (κ1) is 13.3. The molecule has 0 aliphatic heterocycles. The molecule has 1 aromatic rings. The van der Waals surface area contributed by atoms with Crippen LogP contribution >= 0.6 is 23.2 Å². The minimum Gasteiger partial charge on any atom is -0.358 e. The molecule has 16 heavy (non-hydrogen) atoms. The summed E-state index contributed by atoms with van der Waals surface area (Å²) in [7, 11) is 1.60. The van der Waals surface area contributed by atoms with Gasteiger partial charge in [-0.25, -0.2) is 0 Å². The zero-order valence-electron chi connectivity index (χ0n) is 9.18. The fourth-order valence-electron chi connectivity index (χ4n) is 1.23. The average molecular weight is 261 g/mol. The number of halogens is 2. The van der Waals surface area contributed by atoms with Gasteiger partial charge < -0.3 is 10.6 Å². The maximum atomic E-state index is 11.0. The molecule has 5 heteroatoms. The highest BCUT2D eigenvalue weighted by atomic mass is 35.5. The van der Waals surface area contributed by atoms with Crippen molar-refractivity contribution in [2.24, 2.45) is 0 Å². The van der Waals surface area contributed by atoms with Crippen LogP contribution in [0.5, 0.6) is 0 Å². The Balaban J connectivity index is 2.62. The average Bonchev–Trinajstić information content (AvgIpc) is 2.29. The minimum atomic E-state index is -0.0492. The van der Waals surface area contributed by atoms with Crippen molar-refractivity contribution < 1.29 is 4.79 Å². The summed E-state index contributed by atoms with van der Waals surface area (Å²) < 4.78 is 0. The summed E-state index contributed by atoms with van der Waals surface area (Å²) in [6.07, 6.45) is 0. The van der Waals surface area contributed by atoms with E-state index in [1.165, 1.54) is 0 Å². The lowest BCUT2D eigenvalue weighted by atomic mass is 10.1. The van der Waals surface area contributed by atoms with Crippen LogP contribution in [0, 0.1) is 0 Å². The number of amides is 1. The lowest BCUT2D eigenvalue weighted by Gasteiger charge is -2.14. The predicted molar refractivity (Wildman–Crippen MR) is 66.9 cm³/mol. The van der Waals surface area contributed by atoms with Crippen LogP contribution in [0.3, 0.4) is 0 Å². The third kappa shape index (κ3) is 3.67. The van der Waals surface area contributed by atoms with Crippen LogP contribution in [0.15, 0.2) is 18.2 Å². The zero-order valence-corrected chi connectivity index (χ0v) is 10.7. The van der Waals surface area contributed by atoms with Gasteiger partial charge in [-0.2, -0.15) is 0 Å². The highest BCUT2D eigenvalue weighted by Crippen LogP contribution is 2.25. The number of hydrogen-bond donors (Lipinski definition) is 2. The molecule has 1 unspecified atom stereocenters. The molecule has 0 heterocycles. The third-order valence-electron chi connectivity index (χ3n) is 2.29. The summed E-state index contributed by atoms with van der Waals surface area (Å²) in [5.74, 6) is -0.0492. The molecule has 1 atom stereocenters. The van der Waals surface area contributed by atoms with Gasteiger partial charge in [-0.15, -0.1) is 0 Å². The van der Waals surface area contributed by atoms with Crippen LogP contribution in [-0.4, -0.2) is 19.5 Å². The number of carbonyl (C=O) groups excluding carboxylic acids is 1. The Hall–Kier alpha value is -0.770. The fourth-order valence-corrected chi connectivity index (χ4v) is 1.54. The van der Waals surface area contributed by atoms with E-state index in [0.29, 0.717) is 10.0 Å². The van der Waals surface area contributed by atoms with Crippen molar-refractivity contribution in [3.8, 4) is 0 Å². The first-order valence-electron chi connectivity index (χ1n) is 4.93. The quantitative estimate of drug-likeness (QED) is 0.873. The number of hydrogen-bond acceptors (Lipinski definition) is 2. The third-order valence-corrected chi connectivity index (χ3v) is 3.03. The SMILES string of the molecule is CNC(=O)CNC(C)c1ccc(Cl)c(Cl)c1. The van der Waals surface area contributed by atoms with Crippen LogP contribution in [-0.2, 0) is 4.79 Å². The van der Waals surface area contributed by atoms with Gasteiger partial charge in [0.05, 0.1) is 16.6 Å². The van der Waals surface area contributed by atoms with E-state index in [9.17, 15) is 4.79 Å². The van der Waals surface area contributed by atoms with E-state index in [-0.39, 0.29) is 18.5 Å². The van der Waals surface area contributed by atoms with Crippen LogP contribution in [0.25, 0.3) is 0 Å². The number of rotatable bonds is 4. The van der Waals surface area contributed by atoms with Crippen molar-refractivity contribution in [3.63, 3.8) is 0 Å². The summed E-state index contributed by atoms with van der Waals surface area (Å²) in [5, 5.41) is 6.68. The van der Waals surface area contributed by atoms with E-state index in [1.54, 1.807) is 19.2 Å². The number of nitrogens with one attached hydrogen (secondary N) is 2. The molecule has 3 nitrogen and oxygen atoms in total. The van der Waals surface area contributed by atoms with Gasteiger partial charge in [0.15, 0.2) is 0 Å². The highest BCUT2D eigenvalue weighted by Gasteiger charge is 2.08. The van der Waals surface area contributed by atoms with Crippen molar-refractivity contribution in [1.29, 1.82) is 0 Å². The highest BCUT2D eigenvalue weighted by molar-refractivity contribution is 6.42. The molecule has 0 radical (unpaired) electrons. The second-order valence-electron chi connectivity index (χ2n) is 3.45. The summed E-state index contributed by atoms with van der Waals surface area (Å²) in [6.45, 7) is 2.24. The van der Waals surface area contributed by atoms with E-state index in [0.717, 1.165) is 5.56 Å². The Labute approximate surface area is 105 Å². The molecule has 0 saturated carbocycles. The molecule has 1 aromatic carbocycles. The van der Waals surface area contributed by atoms with Crippen LogP contribution in [0.4, 0.5) is 0 Å². The Morgan fingerprint density at radius 1 is 1.38 bits per heavy atom. The van der Waals surface area contributed by atoms with E-state index in [2.05, 4.69) is 10.6 Å². The molecule has 0 aliphatic rings. The first-order valence-corrected chi connectivity index (χ1v) is 5.69. The van der Waals surface area contributed by atoms with Gasteiger partial charge in [-0.1, -0.05) is 29.3 Å². The van der Waals surface area contributed by atoms with E-state index in [4.69, 9.17) is 23.2 Å². The Morgan fingerprint density at radius 2 is 2.06 bits per heavy atom. The lowest BCUT2D eigenvalue weighted by Crippen LogP contribution is -2.32. The standard InChI is InChI=1S/C11H14Cl2N2O/c1-7(15-6-11(16)14-2)8-3-4-9(12)10(13)5-8/h3-5,7,15H,6H2,1-2H3,(H,14,16). The molecule has 0 aromatic heterocycles. The second kappa shape index (κ2) is 6.09. The maximum Gasteiger partial charge on any atom is 0.233 e. The molecule has 88 valence electrons. The molecule has 0 spiro atoms. The van der Waals surface area contributed by atoms with Crippen molar-refractivity contribution >= 4 is 29.1 Å². The molecule has 0 saturated heterocycles. The molecular formula is C11H14Cl2N2O. The van der Waals surface area contributed by atoms with Crippen LogP contribution in [0.1, 0.15) is 18.5 Å². The van der Waals surface area contributed by atoms with Crippen molar-refractivity contribution in [2.75, 3.05) is 13.6 Å². The lowest BCUT2D eigenvalue weighted by molar-refractivity contribution is -0.119. The van der Waals surface area contributed by atoms with Crippen molar-refractivity contribution in [3.05, 3.63) is 33.8 Å². The van der Waals surface area contributed by atoms with Crippen LogP contribution < -0.4 is 10.6 Å². The number of carbonyl (C=O) groups is 1. The van der Waals surface area contributed by atoms with Gasteiger partial charge in [-0.3, -0.25) is 4.79 Å². The molecule has 1 rings (SSSR count). The maximum absolute atomic E-state index is 11.0. The van der Waals surface area contributed by atoms with E-state index >= 15 is 0 Å². The summed E-state index contributed by atoms with van der Waals surface area (Å²) in [5.41, 5.74) is 0.998. The predicted octanol–water partition coefficient (Wildman–Crippen LogP) is 2.39. The van der Waals surface area contributed by atoms with Gasteiger partial charge in [0.25, 0.3) is 0 Å². The minimum absolute atomic E-state index is 0.0482. The normalized spacial score (nSPS) is 12.2.